The molecule has 0 saturated carbocycles. The van der Waals surface area contributed by atoms with Crippen LogP contribution in [0.1, 0.15) is 123 Å². The first kappa shape index (κ1) is 24.9. The molecule has 0 saturated heterocycles. The fourth-order valence-electron chi connectivity index (χ4n) is 3.62. The zero-order valence-electron chi connectivity index (χ0n) is 18.0. The number of hydrogen-bond donors (Lipinski definition) is 2. The van der Waals surface area contributed by atoms with Gasteiger partial charge in [0.05, 0.1) is 11.1 Å². The molecule has 0 atom stereocenters. The average Bonchev–Trinajstić information content (AvgIpc) is 2.70. The number of unbranched alkanes of at least 4 members (excludes halogenated alkanes) is 13. The van der Waals surface area contributed by atoms with Gasteiger partial charge in [0.25, 0.3) is 0 Å². The van der Waals surface area contributed by atoms with E-state index in [1.54, 1.807) is 18.2 Å². The van der Waals surface area contributed by atoms with Crippen molar-refractivity contribution in [3.8, 4) is 0 Å². The zero-order valence-corrected chi connectivity index (χ0v) is 18.0. The largest absolute Gasteiger partial charge is 0.478 e. The number of aromatic carboxylic acids is 2. The highest BCUT2D eigenvalue weighted by atomic mass is 16.4. The maximum absolute atomic E-state index is 11.4. The minimum atomic E-state index is -1.21. The van der Waals surface area contributed by atoms with Gasteiger partial charge in [0.2, 0.25) is 0 Å². The van der Waals surface area contributed by atoms with Crippen LogP contribution in [0, 0.1) is 0 Å². The highest BCUT2D eigenvalue weighted by molar-refractivity contribution is 6.04. The van der Waals surface area contributed by atoms with Crippen LogP contribution in [0.15, 0.2) is 24.3 Å². The van der Waals surface area contributed by atoms with Crippen LogP contribution in [-0.4, -0.2) is 22.2 Å². The van der Waals surface area contributed by atoms with Gasteiger partial charge in [0.1, 0.15) is 0 Å². The van der Waals surface area contributed by atoms with Gasteiger partial charge in [-0.1, -0.05) is 108 Å². The minimum absolute atomic E-state index is 0.137. The van der Waals surface area contributed by atoms with Crippen molar-refractivity contribution in [1.29, 1.82) is 0 Å². The Morgan fingerprint density at radius 2 is 1.28 bits per heavy atom. The summed E-state index contributed by atoms with van der Waals surface area (Å²) in [5, 5.41) is 18.5. The lowest BCUT2D eigenvalue weighted by molar-refractivity contribution is 0.0651. The summed E-state index contributed by atoms with van der Waals surface area (Å²) in [5.74, 6) is -2.42. The molecule has 0 aromatic heterocycles. The first-order chi connectivity index (χ1) is 14.1. The van der Waals surface area contributed by atoms with Gasteiger partial charge in [0.15, 0.2) is 0 Å². The molecule has 0 aliphatic heterocycles. The second-order valence-electron chi connectivity index (χ2n) is 7.81. The van der Waals surface area contributed by atoms with Crippen molar-refractivity contribution < 1.29 is 19.8 Å². The van der Waals surface area contributed by atoms with E-state index < -0.39 is 11.9 Å². The van der Waals surface area contributed by atoms with Gasteiger partial charge in [-0.25, -0.2) is 9.59 Å². The van der Waals surface area contributed by atoms with E-state index in [0.717, 1.165) is 12.8 Å². The van der Waals surface area contributed by atoms with E-state index >= 15 is 0 Å². The molecule has 0 unspecified atom stereocenters. The summed E-state index contributed by atoms with van der Waals surface area (Å²) >= 11 is 0. The summed E-state index contributed by atoms with van der Waals surface area (Å²) in [6, 6.07) is 4.56. The van der Waals surface area contributed by atoms with Gasteiger partial charge in [-0.3, -0.25) is 0 Å². The molecule has 0 aliphatic carbocycles. The van der Waals surface area contributed by atoms with Gasteiger partial charge in [0, 0.05) is 0 Å². The molecule has 0 fully saturated rings. The van der Waals surface area contributed by atoms with Gasteiger partial charge >= 0.3 is 11.9 Å². The predicted octanol–water partition coefficient (Wildman–Crippen LogP) is 7.58. The second-order valence-corrected chi connectivity index (χ2v) is 7.81. The molecule has 1 rings (SSSR count). The van der Waals surface area contributed by atoms with Crippen LogP contribution in [0.25, 0.3) is 6.08 Å². The molecule has 0 aliphatic rings. The molecule has 1 aromatic carbocycles. The zero-order chi connectivity index (χ0) is 21.3. The summed E-state index contributed by atoms with van der Waals surface area (Å²) in [7, 11) is 0. The molecular weight excluding hydrogens is 364 g/mol. The Morgan fingerprint density at radius 3 is 1.76 bits per heavy atom. The third-order valence-electron chi connectivity index (χ3n) is 5.31. The highest BCUT2D eigenvalue weighted by Gasteiger charge is 2.18. The number of carboxylic acid groups (broad SMARTS) is 2. The minimum Gasteiger partial charge on any atom is -0.478 e. The van der Waals surface area contributed by atoms with Crippen molar-refractivity contribution in [1.82, 2.24) is 0 Å². The summed E-state index contributed by atoms with van der Waals surface area (Å²) in [5.41, 5.74) is 0.148. The fraction of sp³-hybridized carbons (Fsp3) is 0.600. The van der Waals surface area contributed by atoms with Crippen LogP contribution in [0.5, 0.6) is 0 Å². The molecule has 29 heavy (non-hydrogen) atoms. The summed E-state index contributed by atoms with van der Waals surface area (Å²) in [6.45, 7) is 2.26. The Hall–Kier alpha value is -2.10. The van der Waals surface area contributed by atoms with E-state index in [1.165, 1.54) is 83.1 Å². The lowest BCUT2D eigenvalue weighted by Gasteiger charge is -2.05. The van der Waals surface area contributed by atoms with Crippen molar-refractivity contribution in [3.63, 3.8) is 0 Å². The van der Waals surface area contributed by atoms with Crippen LogP contribution < -0.4 is 0 Å². The highest BCUT2D eigenvalue weighted by Crippen LogP contribution is 2.18. The molecule has 2 N–H and O–H groups in total. The van der Waals surface area contributed by atoms with Crippen molar-refractivity contribution in [2.45, 2.75) is 96.8 Å². The van der Waals surface area contributed by atoms with Crippen LogP contribution >= 0.6 is 0 Å². The average molecular weight is 403 g/mol. The maximum Gasteiger partial charge on any atom is 0.337 e. The normalized spacial score (nSPS) is 11.2. The monoisotopic (exact) mass is 402 g/mol. The van der Waals surface area contributed by atoms with Gasteiger partial charge in [-0.2, -0.15) is 0 Å². The van der Waals surface area contributed by atoms with Gasteiger partial charge < -0.3 is 10.2 Å². The van der Waals surface area contributed by atoms with E-state index in [0.29, 0.717) is 5.56 Å². The standard InChI is InChI=1S/C25H38O4/c1-2-3-4-5-6-7-8-9-10-11-12-13-14-15-16-18-21-19-17-20-22(24(26)27)23(21)25(28)29/h16-20H,2-15H2,1H3,(H,26,27)(H,28,29)/b18-16+. The molecule has 4 heteroatoms. The van der Waals surface area contributed by atoms with E-state index in [-0.39, 0.29) is 11.1 Å². The third-order valence-corrected chi connectivity index (χ3v) is 5.31. The topological polar surface area (TPSA) is 74.6 Å². The quantitative estimate of drug-likeness (QED) is 0.263. The van der Waals surface area contributed by atoms with E-state index in [1.807, 2.05) is 6.08 Å². The Kier molecular flexibility index (Phi) is 13.6. The summed E-state index contributed by atoms with van der Waals surface area (Å²) < 4.78 is 0. The molecule has 0 radical (unpaired) electrons. The molecule has 0 bridgehead atoms. The Balaban J connectivity index is 2.14. The van der Waals surface area contributed by atoms with Crippen molar-refractivity contribution >= 4 is 18.0 Å². The van der Waals surface area contributed by atoms with E-state index in [2.05, 4.69) is 6.92 Å². The van der Waals surface area contributed by atoms with Crippen LogP contribution in [-0.2, 0) is 0 Å². The molecule has 0 spiro atoms. The van der Waals surface area contributed by atoms with Crippen LogP contribution in [0.3, 0.4) is 0 Å². The lowest BCUT2D eigenvalue weighted by Crippen LogP contribution is -2.09. The number of benzene rings is 1. The number of hydrogen-bond acceptors (Lipinski definition) is 2. The number of allylic oxidation sites excluding steroid dienone is 1. The first-order valence-corrected chi connectivity index (χ1v) is 11.3. The first-order valence-electron chi connectivity index (χ1n) is 11.3. The van der Waals surface area contributed by atoms with Crippen molar-refractivity contribution in [2.75, 3.05) is 0 Å². The van der Waals surface area contributed by atoms with Crippen molar-refractivity contribution in [2.24, 2.45) is 0 Å². The Bertz CT molecular complexity index is 634. The maximum atomic E-state index is 11.4. The SMILES string of the molecule is CCCCCCCCCCCCCCC/C=C/c1cccc(C(=O)O)c1C(=O)O. The molecule has 0 heterocycles. The number of rotatable bonds is 17. The van der Waals surface area contributed by atoms with Gasteiger partial charge in [-0.05, 0) is 24.5 Å². The molecule has 4 nitrogen and oxygen atoms in total. The van der Waals surface area contributed by atoms with Crippen LogP contribution in [0.4, 0.5) is 0 Å². The Labute approximate surface area is 176 Å². The molecular formula is C25H38O4. The Morgan fingerprint density at radius 1 is 0.759 bits per heavy atom. The van der Waals surface area contributed by atoms with E-state index in [9.17, 15) is 14.7 Å². The summed E-state index contributed by atoms with van der Waals surface area (Å²) in [6.07, 6.45) is 21.7. The number of carbonyl (C=O) groups is 2. The van der Waals surface area contributed by atoms with Crippen molar-refractivity contribution in [3.05, 3.63) is 41.0 Å². The second kappa shape index (κ2) is 15.8. The smallest absolute Gasteiger partial charge is 0.337 e. The third kappa shape index (κ3) is 10.9. The summed E-state index contributed by atoms with van der Waals surface area (Å²) in [4.78, 5) is 22.6. The fourth-order valence-corrected chi connectivity index (χ4v) is 3.62. The lowest BCUT2D eigenvalue weighted by atomic mass is 10.00. The van der Waals surface area contributed by atoms with Crippen LogP contribution in [0.2, 0.25) is 0 Å². The number of carboxylic acids is 2. The van der Waals surface area contributed by atoms with E-state index in [4.69, 9.17) is 5.11 Å². The van der Waals surface area contributed by atoms with Gasteiger partial charge in [-0.15, -0.1) is 0 Å². The molecule has 162 valence electrons. The predicted molar refractivity (Wildman–Crippen MR) is 120 cm³/mol. The molecule has 1 aromatic rings. The molecule has 0 amide bonds.